The predicted molar refractivity (Wildman–Crippen MR) is 89.2 cm³/mol. The molecule has 0 unspecified atom stereocenters. The van der Waals surface area contributed by atoms with Crippen molar-refractivity contribution in [3.8, 4) is 11.5 Å². The fourth-order valence-electron chi connectivity index (χ4n) is 2.40. The molecule has 0 saturated carbocycles. The van der Waals surface area contributed by atoms with Gasteiger partial charge in [0.15, 0.2) is 6.29 Å². The van der Waals surface area contributed by atoms with Gasteiger partial charge in [0.1, 0.15) is 24.7 Å². The first-order chi connectivity index (χ1) is 11.1. The molecule has 0 atom stereocenters. The van der Waals surface area contributed by atoms with Crippen LogP contribution in [0.3, 0.4) is 0 Å². The second-order valence-electron chi connectivity index (χ2n) is 5.72. The molecular formula is C19H22O4. The average Bonchev–Trinajstić information content (AvgIpc) is 2.59. The van der Waals surface area contributed by atoms with Crippen LogP contribution in [0.15, 0.2) is 48.5 Å². The van der Waals surface area contributed by atoms with E-state index in [1.165, 1.54) is 0 Å². The zero-order valence-corrected chi connectivity index (χ0v) is 13.5. The van der Waals surface area contributed by atoms with E-state index in [2.05, 4.69) is 13.8 Å². The Labute approximate surface area is 136 Å². The molecule has 0 heterocycles. The van der Waals surface area contributed by atoms with Crippen molar-refractivity contribution in [2.75, 3.05) is 19.8 Å². The third-order valence-corrected chi connectivity index (χ3v) is 3.83. The van der Waals surface area contributed by atoms with Gasteiger partial charge in [-0.1, -0.05) is 38.1 Å². The van der Waals surface area contributed by atoms with Gasteiger partial charge in [0, 0.05) is 5.41 Å². The Bertz CT molecular complexity index is 615. The van der Waals surface area contributed by atoms with Crippen molar-refractivity contribution in [3.05, 3.63) is 59.7 Å². The van der Waals surface area contributed by atoms with Crippen LogP contribution in [0.5, 0.6) is 11.5 Å². The lowest BCUT2D eigenvalue weighted by Gasteiger charge is -2.26. The number of aliphatic hydroxyl groups excluding tert-OH is 1. The molecule has 0 amide bonds. The van der Waals surface area contributed by atoms with E-state index in [-0.39, 0.29) is 18.6 Å². The smallest absolute Gasteiger partial charge is 0.157 e. The molecule has 0 saturated heterocycles. The maximum Gasteiger partial charge on any atom is 0.157 e. The van der Waals surface area contributed by atoms with Crippen molar-refractivity contribution in [3.63, 3.8) is 0 Å². The average molecular weight is 314 g/mol. The molecule has 0 radical (unpaired) electrons. The van der Waals surface area contributed by atoms with Crippen LogP contribution in [-0.2, 0) is 10.2 Å². The van der Waals surface area contributed by atoms with Crippen molar-refractivity contribution >= 4 is 6.29 Å². The fourth-order valence-corrected chi connectivity index (χ4v) is 2.40. The van der Waals surface area contributed by atoms with E-state index in [1.54, 1.807) is 0 Å². The van der Waals surface area contributed by atoms with Gasteiger partial charge in [-0.05, 0) is 35.4 Å². The molecular weight excluding hydrogens is 292 g/mol. The summed E-state index contributed by atoms with van der Waals surface area (Å²) in [5, 5.41) is 8.78. The summed E-state index contributed by atoms with van der Waals surface area (Å²) in [6.45, 7) is 4.67. The molecule has 2 rings (SSSR count). The Balaban J connectivity index is 2.14. The van der Waals surface area contributed by atoms with Crippen LogP contribution in [0, 0.1) is 0 Å². The van der Waals surface area contributed by atoms with E-state index in [9.17, 15) is 4.79 Å². The summed E-state index contributed by atoms with van der Waals surface area (Å²) in [4.78, 5) is 10.3. The normalized spacial score (nSPS) is 11.1. The van der Waals surface area contributed by atoms with E-state index in [0.717, 1.165) is 23.2 Å². The van der Waals surface area contributed by atoms with E-state index in [1.807, 2.05) is 48.5 Å². The first kappa shape index (κ1) is 17.0. The van der Waals surface area contributed by atoms with Crippen LogP contribution in [0.25, 0.3) is 0 Å². The molecule has 2 aromatic rings. The Morgan fingerprint density at radius 1 is 0.913 bits per heavy atom. The molecule has 0 aliphatic heterocycles. The molecule has 2 aromatic carbocycles. The number of hydrogen-bond acceptors (Lipinski definition) is 4. The van der Waals surface area contributed by atoms with Crippen molar-refractivity contribution in [1.82, 2.24) is 0 Å². The van der Waals surface area contributed by atoms with Gasteiger partial charge in [0.2, 0.25) is 0 Å². The molecule has 122 valence electrons. The monoisotopic (exact) mass is 314 g/mol. The lowest BCUT2D eigenvalue weighted by Crippen LogP contribution is -2.18. The fraction of sp³-hybridized carbons (Fsp3) is 0.316. The van der Waals surface area contributed by atoms with Crippen molar-refractivity contribution in [2.24, 2.45) is 0 Å². The highest BCUT2D eigenvalue weighted by atomic mass is 16.5. The maximum atomic E-state index is 10.3. The minimum absolute atomic E-state index is 0.00572. The molecule has 0 aliphatic rings. The van der Waals surface area contributed by atoms with E-state index >= 15 is 0 Å². The summed E-state index contributed by atoms with van der Waals surface area (Å²) in [6, 6.07) is 15.7. The number of benzene rings is 2. The van der Waals surface area contributed by atoms with Gasteiger partial charge in [-0.2, -0.15) is 0 Å². The van der Waals surface area contributed by atoms with Crippen LogP contribution in [-0.4, -0.2) is 31.2 Å². The second-order valence-corrected chi connectivity index (χ2v) is 5.72. The van der Waals surface area contributed by atoms with E-state index < -0.39 is 0 Å². The lowest BCUT2D eigenvalue weighted by atomic mass is 9.78. The highest BCUT2D eigenvalue weighted by Gasteiger charge is 2.23. The van der Waals surface area contributed by atoms with E-state index in [0.29, 0.717) is 12.4 Å². The van der Waals surface area contributed by atoms with Crippen LogP contribution < -0.4 is 9.47 Å². The number of aldehydes is 1. The first-order valence-corrected chi connectivity index (χ1v) is 7.59. The molecule has 4 heteroatoms. The Morgan fingerprint density at radius 3 is 1.83 bits per heavy atom. The molecule has 0 bridgehead atoms. The van der Waals surface area contributed by atoms with Crippen LogP contribution >= 0.6 is 0 Å². The van der Waals surface area contributed by atoms with Crippen LogP contribution in [0.1, 0.15) is 25.0 Å². The highest BCUT2D eigenvalue weighted by Crippen LogP contribution is 2.33. The highest BCUT2D eigenvalue weighted by molar-refractivity contribution is 5.51. The summed E-state index contributed by atoms with van der Waals surface area (Å²) in [5.41, 5.74) is 2.15. The van der Waals surface area contributed by atoms with Gasteiger partial charge >= 0.3 is 0 Å². The number of carbonyl (C=O) groups excluding carboxylic acids is 1. The summed E-state index contributed by atoms with van der Waals surface area (Å²) in [7, 11) is 0. The lowest BCUT2D eigenvalue weighted by molar-refractivity contribution is -0.109. The Kier molecular flexibility index (Phi) is 5.77. The predicted octanol–water partition coefficient (Wildman–Crippen LogP) is 2.96. The SMILES string of the molecule is CC(C)(c1ccc(OCC=O)cc1)c1ccc(OCCO)cc1. The third kappa shape index (κ3) is 4.33. The Morgan fingerprint density at radius 2 is 1.39 bits per heavy atom. The van der Waals surface area contributed by atoms with Crippen molar-refractivity contribution in [1.29, 1.82) is 0 Å². The summed E-state index contributed by atoms with van der Waals surface area (Å²) < 4.78 is 10.7. The number of hydrogen-bond donors (Lipinski definition) is 1. The van der Waals surface area contributed by atoms with Gasteiger partial charge in [-0.3, -0.25) is 4.79 Å². The molecule has 0 aromatic heterocycles. The van der Waals surface area contributed by atoms with Crippen molar-refractivity contribution in [2.45, 2.75) is 19.3 Å². The third-order valence-electron chi connectivity index (χ3n) is 3.83. The van der Waals surface area contributed by atoms with Gasteiger partial charge in [-0.25, -0.2) is 0 Å². The van der Waals surface area contributed by atoms with Gasteiger partial charge < -0.3 is 14.6 Å². The molecule has 23 heavy (non-hydrogen) atoms. The summed E-state index contributed by atoms with van der Waals surface area (Å²) >= 11 is 0. The quantitative estimate of drug-likeness (QED) is 0.761. The second kappa shape index (κ2) is 7.79. The van der Waals surface area contributed by atoms with E-state index in [4.69, 9.17) is 14.6 Å². The van der Waals surface area contributed by atoms with Crippen LogP contribution in [0.2, 0.25) is 0 Å². The Hall–Kier alpha value is -2.33. The number of carbonyl (C=O) groups is 1. The zero-order valence-electron chi connectivity index (χ0n) is 13.5. The molecule has 0 spiro atoms. The molecule has 4 nitrogen and oxygen atoms in total. The van der Waals surface area contributed by atoms with Crippen LogP contribution in [0.4, 0.5) is 0 Å². The molecule has 1 N–H and O–H groups in total. The zero-order chi connectivity index (χ0) is 16.7. The largest absolute Gasteiger partial charge is 0.491 e. The van der Waals surface area contributed by atoms with Gasteiger partial charge in [0.05, 0.1) is 6.61 Å². The van der Waals surface area contributed by atoms with Crippen molar-refractivity contribution < 1.29 is 19.4 Å². The maximum absolute atomic E-state index is 10.3. The minimum Gasteiger partial charge on any atom is -0.491 e. The summed E-state index contributed by atoms with van der Waals surface area (Å²) in [5.74, 6) is 1.43. The number of aliphatic hydroxyl groups is 1. The standard InChI is InChI=1S/C19H22O4/c1-19(2,15-3-7-17(8-4-15)22-13-11-20)16-5-9-18(10-6-16)23-14-12-21/h3-11,21H,12-14H2,1-2H3. The van der Waals surface area contributed by atoms with Gasteiger partial charge in [-0.15, -0.1) is 0 Å². The summed E-state index contributed by atoms with van der Waals surface area (Å²) in [6.07, 6.45) is 0.734. The first-order valence-electron chi connectivity index (χ1n) is 7.59. The molecule has 0 fully saturated rings. The molecule has 0 aliphatic carbocycles. The number of rotatable bonds is 8. The van der Waals surface area contributed by atoms with Gasteiger partial charge in [0.25, 0.3) is 0 Å². The number of ether oxygens (including phenoxy) is 2. The topological polar surface area (TPSA) is 55.8 Å². The minimum atomic E-state index is -0.168.